The summed E-state index contributed by atoms with van der Waals surface area (Å²) in [4.78, 5) is 24.1. The van der Waals surface area contributed by atoms with Crippen LogP contribution in [-0.2, 0) is 9.53 Å². The van der Waals surface area contributed by atoms with Gasteiger partial charge in [0.15, 0.2) is 6.61 Å². The molecule has 1 aromatic carbocycles. The largest absolute Gasteiger partial charge is 0.496 e. The van der Waals surface area contributed by atoms with E-state index in [0.717, 1.165) is 24.8 Å². The zero-order valence-electron chi connectivity index (χ0n) is 14.1. The van der Waals surface area contributed by atoms with Crippen LogP contribution in [0, 0.1) is 18.3 Å². The van der Waals surface area contributed by atoms with E-state index in [4.69, 9.17) is 9.47 Å². The molecule has 0 bridgehead atoms. The second kappa shape index (κ2) is 7.82. The van der Waals surface area contributed by atoms with E-state index in [1.54, 1.807) is 18.2 Å². The Bertz CT molecular complexity index is 657. The summed E-state index contributed by atoms with van der Waals surface area (Å²) in [6.07, 6.45) is 4.17. The molecular formula is C18H22N2O4. The molecule has 0 aliphatic heterocycles. The van der Waals surface area contributed by atoms with Gasteiger partial charge in [0.1, 0.15) is 11.3 Å². The first kappa shape index (κ1) is 17.8. The molecule has 24 heavy (non-hydrogen) atoms. The van der Waals surface area contributed by atoms with Gasteiger partial charge in [0.2, 0.25) is 0 Å². The van der Waals surface area contributed by atoms with E-state index < -0.39 is 24.0 Å². The zero-order valence-corrected chi connectivity index (χ0v) is 14.1. The van der Waals surface area contributed by atoms with E-state index in [-0.39, 0.29) is 0 Å². The van der Waals surface area contributed by atoms with E-state index in [2.05, 4.69) is 11.4 Å². The highest BCUT2D eigenvalue weighted by Crippen LogP contribution is 2.27. The smallest absolute Gasteiger partial charge is 0.338 e. The Morgan fingerprint density at radius 3 is 2.62 bits per heavy atom. The lowest BCUT2D eigenvalue weighted by atomic mass is 9.83. The maximum atomic E-state index is 12.0. The molecule has 1 N–H and O–H groups in total. The number of rotatable bonds is 5. The van der Waals surface area contributed by atoms with Crippen LogP contribution >= 0.6 is 0 Å². The van der Waals surface area contributed by atoms with Crippen molar-refractivity contribution < 1.29 is 19.1 Å². The molecule has 0 spiro atoms. The molecule has 6 heteroatoms. The molecule has 2 rings (SSSR count). The minimum Gasteiger partial charge on any atom is -0.496 e. The standard InChI is InChI=1S/C18H22N2O4/c1-13-6-7-14(10-15(13)23-2)17(22)24-11-16(21)20-18(12-19)8-4-3-5-9-18/h6-7,10H,3-5,8-9,11H2,1-2H3,(H,20,21). The van der Waals surface area contributed by atoms with Crippen LogP contribution in [0.1, 0.15) is 48.0 Å². The third-order valence-corrected chi connectivity index (χ3v) is 4.28. The number of esters is 1. The minimum absolute atomic E-state index is 0.318. The number of nitrogens with one attached hydrogen (secondary N) is 1. The molecule has 1 amide bonds. The van der Waals surface area contributed by atoms with E-state index in [1.165, 1.54) is 7.11 Å². The number of carbonyl (C=O) groups is 2. The number of aryl methyl sites for hydroxylation is 1. The van der Waals surface area contributed by atoms with Crippen molar-refractivity contribution >= 4 is 11.9 Å². The highest BCUT2D eigenvalue weighted by molar-refractivity contribution is 5.92. The Morgan fingerprint density at radius 1 is 1.29 bits per heavy atom. The summed E-state index contributed by atoms with van der Waals surface area (Å²) in [5.41, 5.74) is 0.396. The highest BCUT2D eigenvalue weighted by Gasteiger charge is 2.33. The van der Waals surface area contributed by atoms with E-state index in [9.17, 15) is 14.9 Å². The molecule has 1 aromatic rings. The summed E-state index contributed by atoms with van der Waals surface area (Å²) >= 11 is 0. The van der Waals surface area contributed by atoms with Crippen molar-refractivity contribution in [3.8, 4) is 11.8 Å². The molecule has 0 aromatic heterocycles. The molecule has 128 valence electrons. The maximum absolute atomic E-state index is 12.0. The lowest BCUT2D eigenvalue weighted by Crippen LogP contribution is -2.50. The van der Waals surface area contributed by atoms with Crippen LogP contribution in [0.3, 0.4) is 0 Å². The summed E-state index contributed by atoms with van der Waals surface area (Å²) in [6, 6.07) is 7.15. The average Bonchev–Trinajstić information content (AvgIpc) is 2.61. The van der Waals surface area contributed by atoms with Crippen LogP contribution in [0.2, 0.25) is 0 Å². The zero-order chi connectivity index (χ0) is 17.6. The van der Waals surface area contributed by atoms with Gasteiger partial charge < -0.3 is 14.8 Å². The summed E-state index contributed by atoms with van der Waals surface area (Å²) in [5, 5.41) is 12.1. The maximum Gasteiger partial charge on any atom is 0.338 e. The van der Waals surface area contributed by atoms with Gasteiger partial charge in [-0.25, -0.2) is 4.79 Å². The average molecular weight is 330 g/mol. The van der Waals surface area contributed by atoms with Crippen molar-refractivity contribution in [2.24, 2.45) is 0 Å². The van der Waals surface area contributed by atoms with Crippen LogP contribution in [0.15, 0.2) is 18.2 Å². The quantitative estimate of drug-likeness (QED) is 0.838. The van der Waals surface area contributed by atoms with E-state index in [0.29, 0.717) is 24.2 Å². The second-order valence-electron chi connectivity index (χ2n) is 6.06. The molecule has 0 saturated heterocycles. The predicted octanol–water partition coefficient (Wildman–Crippen LogP) is 2.50. The SMILES string of the molecule is COc1cc(C(=O)OCC(=O)NC2(C#N)CCCCC2)ccc1C. The van der Waals surface area contributed by atoms with Crippen molar-refractivity contribution in [2.75, 3.05) is 13.7 Å². The van der Waals surface area contributed by atoms with E-state index >= 15 is 0 Å². The Hall–Kier alpha value is -2.55. The monoisotopic (exact) mass is 330 g/mol. The van der Waals surface area contributed by atoms with Crippen molar-refractivity contribution in [1.82, 2.24) is 5.32 Å². The number of nitrogens with zero attached hydrogens (tertiary/aromatic N) is 1. The molecule has 1 aliphatic rings. The van der Waals surface area contributed by atoms with Crippen LogP contribution in [-0.4, -0.2) is 31.1 Å². The van der Waals surface area contributed by atoms with Crippen molar-refractivity contribution in [3.63, 3.8) is 0 Å². The van der Waals surface area contributed by atoms with Gasteiger partial charge in [0.25, 0.3) is 5.91 Å². The summed E-state index contributed by atoms with van der Waals surface area (Å²) in [5.74, 6) is -0.469. The Labute approximate surface area is 141 Å². The van der Waals surface area contributed by atoms with Crippen LogP contribution in [0.4, 0.5) is 0 Å². The normalized spacial score (nSPS) is 15.9. The number of benzene rings is 1. The fourth-order valence-electron chi connectivity index (χ4n) is 2.88. The summed E-state index contributed by atoms with van der Waals surface area (Å²) < 4.78 is 10.2. The molecule has 1 fully saturated rings. The number of nitriles is 1. The van der Waals surface area contributed by atoms with Crippen molar-refractivity contribution in [3.05, 3.63) is 29.3 Å². The lowest BCUT2D eigenvalue weighted by Gasteiger charge is -2.31. The highest BCUT2D eigenvalue weighted by atomic mass is 16.5. The topological polar surface area (TPSA) is 88.4 Å². The number of hydrogen-bond acceptors (Lipinski definition) is 5. The van der Waals surface area contributed by atoms with Gasteiger partial charge in [-0.15, -0.1) is 0 Å². The number of hydrogen-bond donors (Lipinski definition) is 1. The summed E-state index contributed by atoms with van der Waals surface area (Å²) in [6.45, 7) is 1.46. The number of carbonyl (C=O) groups excluding carboxylic acids is 2. The molecule has 0 heterocycles. The molecule has 6 nitrogen and oxygen atoms in total. The first-order valence-electron chi connectivity index (χ1n) is 8.04. The van der Waals surface area contributed by atoms with Gasteiger partial charge in [-0.2, -0.15) is 5.26 Å². The second-order valence-corrected chi connectivity index (χ2v) is 6.06. The van der Waals surface area contributed by atoms with Crippen LogP contribution in [0.25, 0.3) is 0 Å². The Balaban J connectivity index is 1.91. The Morgan fingerprint density at radius 2 is 2.00 bits per heavy atom. The van der Waals surface area contributed by atoms with E-state index in [1.807, 2.05) is 6.92 Å². The minimum atomic E-state index is -0.825. The van der Waals surface area contributed by atoms with Gasteiger partial charge >= 0.3 is 5.97 Å². The molecule has 1 aliphatic carbocycles. The van der Waals surface area contributed by atoms with Crippen LogP contribution < -0.4 is 10.1 Å². The first-order chi connectivity index (χ1) is 11.5. The van der Waals surface area contributed by atoms with Crippen molar-refractivity contribution in [2.45, 2.75) is 44.6 Å². The Kier molecular flexibility index (Phi) is 5.80. The van der Waals surface area contributed by atoms with Gasteiger partial charge in [0, 0.05) is 0 Å². The first-order valence-corrected chi connectivity index (χ1v) is 8.04. The van der Waals surface area contributed by atoms with Crippen LogP contribution in [0.5, 0.6) is 5.75 Å². The molecule has 1 saturated carbocycles. The van der Waals surface area contributed by atoms with Crippen molar-refractivity contribution in [1.29, 1.82) is 5.26 Å². The molecular weight excluding hydrogens is 308 g/mol. The number of amides is 1. The lowest BCUT2D eigenvalue weighted by molar-refractivity contribution is -0.125. The van der Waals surface area contributed by atoms with Gasteiger partial charge in [-0.05, 0) is 37.5 Å². The van der Waals surface area contributed by atoms with Gasteiger partial charge in [0.05, 0.1) is 18.7 Å². The predicted molar refractivity (Wildman–Crippen MR) is 87.6 cm³/mol. The van der Waals surface area contributed by atoms with Gasteiger partial charge in [-0.3, -0.25) is 4.79 Å². The number of methoxy groups -OCH3 is 1. The number of ether oxygens (including phenoxy) is 2. The fraction of sp³-hybridized carbons (Fsp3) is 0.500. The third-order valence-electron chi connectivity index (χ3n) is 4.28. The molecule has 0 unspecified atom stereocenters. The molecule has 0 radical (unpaired) electrons. The fourth-order valence-corrected chi connectivity index (χ4v) is 2.88. The molecule has 0 atom stereocenters. The van der Waals surface area contributed by atoms with Gasteiger partial charge in [-0.1, -0.05) is 25.3 Å². The third kappa shape index (κ3) is 4.25. The summed E-state index contributed by atoms with van der Waals surface area (Å²) in [7, 11) is 1.52.